The van der Waals surface area contributed by atoms with E-state index in [2.05, 4.69) is 11.6 Å². The Morgan fingerprint density at radius 3 is 3.00 bits per heavy atom. The number of hydrogen-bond acceptors (Lipinski definition) is 3. The van der Waals surface area contributed by atoms with E-state index in [1.165, 1.54) is 12.8 Å². The van der Waals surface area contributed by atoms with Crippen molar-refractivity contribution in [1.82, 2.24) is 5.32 Å². The van der Waals surface area contributed by atoms with Crippen molar-refractivity contribution in [1.29, 1.82) is 0 Å². The summed E-state index contributed by atoms with van der Waals surface area (Å²) in [7, 11) is 0. The molecule has 0 amide bonds. The molecule has 14 heavy (non-hydrogen) atoms. The fourth-order valence-corrected chi connectivity index (χ4v) is 2.59. The van der Waals surface area contributed by atoms with E-state index in [1.807, 2.05) is 11.8 Å². The number of carboxylic acids is 1. The van der Waals surface area contributed by atoms with Crippen molar-refractivity contribution in [3.05, 3.63) is 12.3 Å². The molecule has 4 heteroatoms. The van der Waals surface area contributed by atoms with E-state index in [0.717, 1.165) is 24.2 Å². The van der Waals surface area contributed by atoms with Crippen molar-refractivity contribution in [2.75, 3.05) is 6.26 Å². The molecule has 3 nitrogen and oxygen atoms in total. The van der Waals surface area contributed by atoms with E-state index in [0.29, 0.717) is 6.04 Å². The number of aliphatic carboxylic acids is 1. The van der Waals surface area contributed by atoms with Crippen LogP contribution >= 0.6 is 11.8 Å². The van der Waals surface area contributed by atoms with Crippen LogP contribution in [0, 0.1) is 0 Å². The second kappa shape index (κ2) is 5.96. The maximum atomic E-state index is 10.2. The molecule has 1 saturated carbocycles. The summed E-state index contributed by atoms with van der Waals surface area (Å²) in [5.74, 6) is -0.894. The highest BCUT2D eigenvalue weighted by Crippen LogP contribution is 2.26. The van der Waals surface area contributed by atoms with Gasteiger partial charge in [-0.15, -0.1) is 0 Å². The molecular weight excluding hydrogens is 198 g/mol. The van der Waals surface area contributed by atoms with Gasteiger partial charge >= 0.3 is 5.97 Å². The number of nitrogens with one attached hydrogen (secondary N) is 1. The molecule has 0 bridgehead atoms. The highest BCUT2D eigenvalue weighted by atomic mass is 32.2. The minimum Gasteiger partial charge on any atom is -0.478 e. The summed E-state index contributed by atoms with van der Waals surface area (Å²) in [6.45, 7) is 0. The van der Waals surface area contributed by atoms with E-state index >= 15 is 0 Å². The monoisotopic (exact) mass is 215 g/mol. The van der Waals surface area contributed by atoms with Crippen LogP contribution in [0.2, 0.25) is 0 Å². The molecule has 1 fully saturated rings. The predicted octanol–water partition coefficient (Wildman–Crippen LogP) is 1.85. The van der Waals surface area contributed by atoms with Crippen molar-refractivity contribution >= 4 is 17.7 Å². The van der Waals surface area contributed by atoms with Crippen LogP contribution in [0.15, 0.2) is 12.3 Å². The Morgan fingerprint density at radius 2 is 2.36 bits per heavy atom. The van der Waals surface area contributed by atoms with Crippen LogP contribution in [-0.2, 0) is 4.79 Å². The van der Waals surface area contributed by atoms with Crippen LogP contribution in [0.1, 0.15) is 25.7 Å². The van der Waals surface area contributed by atoms with E-state index in [-0.39, 0.29) is 0 Å². The topological polar surface area (TPSA) is 49.3 Å². The lowest BCUT2D eigenvalue weighted by molar-refractivity contribution is -0.131. The quantitative estimate of drug-likeness (QED) is 0.703. The zero-order valence-electron chi connectivity index (χ0n) is 8.40. The Balaban J connectivity index is 2.27. The third-order valence-electron chi connectivity index (χ3n) is 2.52. The first-order chi connectivity index (χ1) is 6.72. The van der Waals surface area contributed by atoms with Crippen molar-refractivity contribution in [3.63, 3.8) is 0 Å². The number of hydrogen-bond donors (Lipinski definition) is 2. The molecule has 0 radical (unpaired) electrons. The van der Waals surface area contributed by atoms with Gasteiger partial charge in [0.25, 0.3) is 0 Å². The molecular formula is C10H17NO2S. The zero-order valence-corrected chi connectivity index (χ0v) is 9.22. The Morgan fingerprint density at radius 1 is 1.57 bits per heavy atom. The average Bonchev–Trinajstić information content (AvgIpc) is 2.18. The minimum absolute atomic E-state index is 0.455. The molecule has 0 aliphatic heterocycles. The average molecular weight is 215 g/mol. The van der Waals surface area contributed by atoms with Crippen LogP contribution in [0.3, 0.4) is 0 Å². The van der Waals surface area contributed by atoms with Crippen molar-refractivity contribution in [2.45, 2.75) is 37.0 Å². The molecule has 2 N–H and O–H groups in total. The molecule has 0 aromatic heterocycles. The van der Waals surface area contributed by atoms with E-state index in [1.54, 1.807) is 6.20 Å². The van der Waals surface area contributed by atoms with Crippen molar-refractivity contribution in [2.24, 2.45) is 0 Å². The number of carbonyl (C=O) groups is 1. The van der Waals surface area contributed by atoms with Gasteiger partial charge in [0.15, 0.2) is 0 Å². The van der Waals surface area contributed by atoms with Gasteiger partial charge in [-0.3, -0.25) is 0 Å². The molecule has 0 aromatic carbocycles. The second-order valence-corrected chi connectivity index (χ2v) is 4.70. The fourth-order valence-electron chi connectivity index (χ4n) is 1.77. The molecule has 80 valence electrons. The largest absolute Gasteiger partial charge is 0.478 e. The van der Waals surface area contributed by atoms with Crippen LogP contribution in [0.25, 0.3) is 0 Å². The first kappa shape index (κ1) is 11.4. The smallest absolute Gasteiger partial charge is 0.329 e. The standard InChI is InChI=1S/C10H17NO2S/c1-14-9-4-2-3-8(7-9)11-6-5-10(12)13/h5-6,8-9,11H,2-4,7H2,1H3,(H,12,13)/b6-5+. The maximum absolute atomic E-state index is 10.2. The second-order valence-electron chi connectivity index (χ2n) is 3.56. The summed E-state index contributed by atoms with van der Waals surface area (Å²) in [5.41, 5.74) is 0. The third kappa shape index (κ3) is 4.05. The SMILES string of the molecule is CSC1CCCC(N/C=C/C(=O)O)C1. The Hall–Kier alpha value is -0.640. The molecule has 0 aromatic rings. The summed E-state index contributed by atoms with van der Waals surface area (Å²) in [6.07, 6.45) is 9.68. The molecule has 0 saturated heterocycles. The lowest BCUT2D eigenvalue weighted by Crippen LogP contribution is -2.31. The van der Waals surface area contributed by atoms with Gasteiger partial charge in [-0.05, 0) is 25.5 Å². The lowest BCUT2D eigenvalue weighted by Gasteiger charge is -2.28. The molecule has 0 heterocycles. The van der Waals surface area contributed by atoms with Crippen LogP contribution in [0.5, 0.6) is 0 Å². The Labute approximate surface area is 89.0 Å². The Bertz CT molecular complexity index is 218. The lowest BCUT2D eigenvalue weighted by atomic mass is 9.95. The molecule has 0 spiro atoms. The summed E-state index contributed by atoms with van der Waals surface area (Å²) >= 11 is 1.91. The Kier molecular flexibility index (Phi) is 4.87. The van der Waals surface area contributed by atoms with Gasteiger partial charge < -0.3 is 10.4 Å². The minimum atomic E-state index is -0.894. The van der Waals surface area contributed by atoms with Gasteiger partial charge in [-0.2, -0.15) is 11.8 Å². The van der Waals surface area contributed by atoms with Gasteiger partial charge in [0.05, 0.1) is 0 Å². The maximum Gasteiger partial charge on any atom is 0.329 e. The first-order valence-electron chi connectivity index (χ1n) is 4.90. The first-order valence-corrected chi connectivity index (χ1v) is 6.19. The van der Waals surface area contributed by atoms with Crippen LogP contribution < -0.4 is 5.32 Å². The van der Waals surface area contributed by atoms with Crippen LogP contribution in [0.4, 0.5) is 0 Å². The number of thioether (sulfide) groups is 1. The molecule has 2 atom stereocenters. The molecule has 2 unspecified atom stereocenters. The van der Waals surface area contributed by atoms with Gasteiger partial charge in [-0.1, -0.05) is 6.42 Å². The van der Waals surface area contributed by atoms with Crippen molar-refractivity contribution < 1.29 is 9.90 Å². The summed E-state index contributed by atoms with van der Waals surface area (Å²) in [6, 6.07) is 0.455. The summed E-state index contributed by atoms with van der Waals surface area (Å²) < 4.78 is 0. The highest BCUT2D eigenvalue weighted by molar-refractivity contribution is 7.99. The van der Waals surface area contributed by atoms with E-state index in [4.69, 9.17) is 5.11 Å². The summed E-state index contributed by atoms with van der Waals surface area (Å²) in [5, 5.41) is 12.3. The van der Waals surface area contributed by atoms with E-state index in [9.17, 15) is 4.79 Å². The van der Waals surface area contributed by atoms with E-state index < -0.39 is 5.97 Å². The van der Waals surface area contributed by atoms with Gasteiger partial charge in [0, 0.05) is 23.6 Å². The molecule has 1 rings (SSSR count). The van der Waals surface area contributed by atoms with Gasteiger partial charge in [-0.25, -0.2) is 4.79 Å². The number of carboxylic acid groups (broad SMARTS) is 1. The zero-order chi connectivity index (χ0) is 10.4. The third-order valence-corrected chi connectivity index (χ3v) is 3.61. The molecule has 1 aliphatic rings. The van der Waals surface area contributed by atoms with Crippen LogP contribution in [-0.4, -0.2) is 28.6 Å². The van der Waals surface area contributed by atoms with Gasteiger partial charge in [0.1, 0.15) is 0 Å². The number of rotatable bonds is 4. The molecule has 1 aliphatic carbocycles. The normalized spacial score (nSPS) is 27.8. The fraction of sp³-hybridized carbons (Fsp3) is 0.700. The van der Waals surface area contributed by atoms with Crippen molar-refractivity contribution in [3.8, 4) is 0 Å². The predicted molar refractivity (Wildman–Crippen MR) is 59.5 cm³/mol. The highest BCUT2D eigenvalue weighted by Gasteiger charge is 2.19. The summed E-state index contributed by atoms with van der Waals surface area (Å²) in [4.78, 5) is 10.2. The van der Waals surface area contributed by atoms with Gasteiger partial charge in [0.2, 0.25) is 0 Å².